The fraction of sp³-hybridized carbons (Fsp3) is 0.143. The van der Waals surface area contributed by atoms with Gasteiger partial charge >= 0.3 is 0 Å². The number of sulfonamides is 1. The zero-order chi connectivity index (χ0) is 21.7. The van der Waals surface area contributed by atoms with Crippen LogP contribution in [0, 0.1) is 6.92 Å². The highest BCUT2D eigenvalue weighted by atomic mass is 32.2. The summed E-state index contributed by atoms with van der Waals surface area (Å²) in [5.74, 6) is -0.204. The zero-order valence-electron chi connectivity index (χ0n) is 16.4. The molecule has 0 saturated heterocycles. The number of aryl methyl sites for hydroxylation is 1. The Labute approximate surface area is 174 Å². The van der Waals surface area contributed by atoms with E-state index in [2.05, 4.69) is 10.3 Å². The van der Waals surface area contributed by atoms with Gasteiger partial charge in [0.15, 0.2) is 18.2 Å². The first-order valence-corrected chi connectivity index (χ1v) is 10.4. The van der Waals surface area contributed by atoms with Crippen molar-refractivity contribution in [1.29, 1.82) is 0 Å². The van der Waals surface area contributed by atoms with Crippen molar-refractivity contribution in [3.8, 4) is 11.5 Å². The van der Waals surface area contributed by atoms with Gasteiger partial charge in [-0.1, -0.05) is 17.7 Å². The summed E-state index contributed by atoms with van der Waals surface area (Å²) in [7, 11) is -2.22. The summed E-state index contributed by atoms with van der Waals surface area (Å²) < 4.78 is 32.1. The van der Waals surface area contributed by atoms with Crippen LogP contribution in [-0.4, -0.2) is 38.1 Å². The average molecular weight is 427 g/mol. The van der Waals surface area contributed by atoms with Crippen molar-refractivity contribution in [2.24, 2.45) is 0 Å². The van der Waals surface area contributed by atoms with Crippen LogP contribution in [0.4, 0.5) is 11.5 Å². The van der Waals surface area contributed by atoms with E-state index in [1.54, 1.807) is 54.6 Å². The molecule has 1 amide bonds. The van der Waals surface area contributed by atoms with Gasteiger partial charge in [0.25, 0.3) is 15.9 Å². The smallest absolute Gasteiger partial charge is 0.264 e. The van der Waals surface area contributed by atoms with Crippen molar-refractivity contribution < 1.29 is 23.1 Å². The quantitative estimate of drug-likeness (QED) is 0.600. The summed E-state index contributed by atoms with van der Waals surface area (Å²) in [5.41, 5.74) is 1.42. The van der Waals surface area contributed by atoms with Gasteiger partial charge in [-0.3, -0.25) is 9.10 Å². The highest BCUT2D eigenvalue weighted by Crippen LogP contribution is 2.24. The van der Waals surface area contributed by atoms with Crippen LogP contribution >= 0.6 is 0 Å². The summed E-state index contributed by atoms with van der Waals surface area (Å²) in [4.78, 5) is 16.0. The lowest BCUT2D eigenvalue weighted by Gasteiger charge is -2.20. The van der Waals surface area contributed by atoms with E-state index in [1.807, 2.05) is 6.92 Å². The van der Waals surface area contributed by atoms with Crippen molar-refractivity contribution >= 4 is 27.4 Å². The first-order valence-electron chi connectivity index (χ1n) is 8.99. The molecular formula is C21H21N3O5S. The summed E-state index contributed by atoms with van der Waals surface area (Å²) in [6, 6.07) is 15.9. The first kappa shape index (κ1) is 21.1. The van der Waals surface area contributed by atoms with Crippen LogP contribution in [0.2, 0.25) is 0 Å². The second-order valence-electron chi connectivity index (χ2n) is 6.49. The van der Waals surface area contributed by atoms with Gasteiger partial charge in [-0.05, 0) is 55.5 Å². The Hall–Kier alpha value is -3.59. The molecule has 0 aliphatic carbocycles. The summed E-state index contributed by atoms with van der Waals surface area (Å²) in [5, 5.41) is 12.1. The van der Waals surface area contributed by atoms with Crippen LogP contribution in [0.15, 0.2) is 71.8 Å². The van der Waals surface area contributed by atoms with Crippen molar-refractivity contribution in [3.63, 3.8) is 0 Å². The summed E-state index contributed by atoms with van der Waals surface area (Å²) in [6.45, 7) is 1.59. The number of hydrogen-bond donors (Lipinski definition) is 2. The average Bonchev–Trinajstić information content (AvgIpc) is 2.74. The highest BCUT2D eigenvalue weighted by molar-refractivity contribution is 7.92. The maximum atomic E-state index is 12.8. The SMILES string of the molecule is Cc1ccc(S(=O)(=O)N(C)c2ccc(OCC(=O)Nc3ncccc3O)cc2)cc1. The molecule has 1 aromatic heterocycles. The molecule has 3 rings (SSSR count). The summed E-state index contributed by atoms with van der Waals surface area (Å²) >= 11 is 0. The van der Waals surface area contributed by atoms with Crippen LogP contribution in [0.3, 0.4) is 0 Å². The fourth-order valence-electron chi connectivity index (χ4n) is 2.57. The third-order valence-corrected chi connectivity index (χ3v) is 6.09. The van der Waals surface area contributed by atoms with Crippen molar-refractivity contribution in [2.45, 2.75) is 11.8 Å². The number of aromatic hydroxyl groups is 1. The van der Waals surface area contributed by atoms with Gasteiger partial charge in [-0.2, -0.15) is 0 Å². The van der Waals surface area contributed by atoms with Gasteiger partial charge in [0.2, 0.25) is 0 Å². The molecule has 0 aliphatic rings. The van der Waals surface area contributed by atoms with E-state index >= 15 is 0 Å². The van der Waals surface area contributed by atoms with Crippen LogP contribution in [0.25, 0.3) is 0 Å². The number of carbonyl (C=O) groups excluding carboxylic acids is 1. The lowest BCUT2D eigenvalue weighted by Crippen LogP contribution is -2.26. The molecule has 0 fully saturated rings. The van der Waals surface area contributed by atoms with E-state index in [9.17, 15) is 18.3 Å². The number of nitrogens with one attached hydrogen (secondary N) is 1. The zero-order valence-corrected chi connectivity index (χ0v) is 17.3. The van der Waals surface area contributed by atoms with Crippen molar-refractivity contribution in [3.05, 3.63) is 72.4 Å². The normalized spacial score (nSPS) is 11.0. The molecule has 30 heavy (non-hydrogen) atoms. The van der Waals surface area contributed by atoms with Gasteiger partial charge in [-0.15, -0.1) is 0 Å². The second kappa shape index (κ2) is 8.83. The molecule has 0 spiro atoms. The standard InChI is InChI=1S/C21H21N3O5S/c1-15-5-11-18(12-6-15)30(27,28)24(2)16-7-9-17(10-8-16)29-14-20(26)23-21-19(25)4-3-13-22-21/h3-13,25H,14H2,1-2H3,(H,22,23,26). The number of carbonyl (C=O) groups is 1. The van der Waals surface area contributed by atoms with E-state index in [0.29, 0.717) is 11.4 Å². The molecule has 2 aromatic carbocycles. The van der Waals surface area contributed by atoms with Crippen molar-refractivity contribution in [1.82, 2.24) is 4.98 Å². The molecule has 0 saturated carbocycles. The van der Waals surface area contributed by atoms with E-state index in [-0.39, 0.29) is 23.1 Å². The van der Waals surface area contributed by atoms with Crippen LogP contribution in [-0.2, 0) is 14.8 Å². The number of pyridine rings is 1. The molecule has 3 aromatic rings. The Balaban J connectivity index is 1.62. The topological polar surface area (TPSA) is 109 Å². The molecule has 2 N–H and O–H groups in total. The Morgan fingerprint density at radius 2 is 1.77 bits per heavy atom. The van der Waals surface area contributed by atoms with Crippen LogP contribution in [0.1, 0.15) is 5.56 Å². The number of ether oxygens (including phenoxy) is 1. The van der Waals surface area contributed by atoms with Gasteiger partial charge in [0, 0.05) is 13.2 Å². The molecule has 0 bridgehead atoms. The minimum atomic E-state index is -3.69. The minimum Gasteiger partial charge on any atom is -0.504 e. The van der Waals surface area contributed by atoms with Gasteiger partial charge in [-0.25, -0.2) is 13.4 Å². The van der Waals surface area contributed by atoms with Crippen LogP contribution < -0.4 is 14.4 Å². The van der Waals surface area contributed by atoms with Gasteiger partial charge in [0.1, 0.15) is 5.75 Å². The number of rotatable bonds is 7. The highest BCUT2D eigenvalue weighted by Gasteiger charge is 2.21. The van der Waals surface area contributed by atoms with E-state index in [0.717, 1.165) is 5.56 Å². The minimum absolute atomic E-state index is 0.0457. The van der Waals surface area contributed by atoms with E-state index in [1.165, 1.54) is 23.6 Å². The number of anilines is 2. The number of benzene rings is 2. The lowest BCUT2D eigenvalue weighted by atomic mass is 10.2. The van der Waals surface area contributed by atoms with E-state index in [4.69, 9.17) is 4.74 Å². The first-order chi connectivity index (χ1) is 14.3. The number of hydrogen-bond acceptors (Lipinski definition) is 6. The van der Waals surface area contributed by atoms with Gasteiger partial charge < -0.3 is 15.2 Å². The molecule has 0 aliphatic heterocycles. The van der Waals surface area contributed by atoms with Crippen LogP contribution in [0.5, 0.6) is 11.5 Å². The molecule has 0 radical (unpaired) electrons. The number of aromatic nitrogens is 1. The molecular weight excluding hydrogens is 406 g/mol. The van der Waals surface area contributed by atoms with E-state index < -0.39 is 15.9 Å². The number of amides is 1. The number of nitrogens with zero attached hydrogens (tertiary/aromatic N) is 2. The molecule has 156 valence electrons. The Kier molecular flexibility index (Phi) is 6.22. The predicted molar refractivity (Wildman–Crippen MR) is 113 cm³/mol. The molecule has 1 heterocycles. The van der Waals surface area contributed by atoms with Crippen molar-refractivity contribution in [2.75, 3.05) is 23.3 Å². The fourth-order valence-corrected chi connectivity index (χ4v) is 3.77. The molecule has 9 heteroatoms. The maximum absolute atomic E-state index is 12.8. The Morgan fingerprint density at radius 3 is 2.40 bits per heavy atom. The Bertz CT molecular complexity index is 1130. The summed E-state index contributed by atoms with van der Waals surface area (Å²) in [6.07, 6.45) is 1.44. The second-order valence-corrected chi connectivity index (χ2v) is 8.46. The third-order valence-electron chi connectivity index (χ3n) is 4.29. The lowest BCUT2D eigenvalue weighted by molar-refractivity contribution is -0.118. The maximum Gasteiger partial charge on any atom is 0.264 e. The largest absolute Gasteiger partial charge is 0.504 e. The molecule has 0 unspecified atom stereocenters. The van der Waals surface area contributed by atoms with Gasteiger partial charge in [0.05, 0.1) is 10.6 Å². The monoisotopic (exact) mass is 427 g/mol. The Morgan fingerprint density at radius 1 is 1.10 bits per heavy atom. The molecule has 8 nitrogen and oxygen atoms in total. The molecule has 0 atom stereocenters. The predicted octanol–water partition coefficient (Wildman–Crippen LogP) is 2.94. The third kappa shape index (κ3) is 4.87.